The smallest absolute Gasteiger partial charge is 0.180 e. The number of nitrogens with zero attached hydrogens (tertiary/aromatic N) is 6. The molecule has 0 N–H and O–H groups in total. The zero-order chi connectivity index (χ0) is 20.2. The van der Waals surface area contributed by atoms with Crippen molar-refractivity contribution in [3.8, 4) is 17.6 Å². The molecular weight excluding hydrogens is 367 g/mol. The van der Waals surface area contributed by atoms with Crippen molar-refractivity contribution >= 4 is 11.5 Å². The lowest BCUT2D eigenvalue weighted by Gasteiger charge is -2.37. The van der Waals surface area contributed by atoms with Crippen LogP contribution in [0.4, 0.5) is 15.9 Å². The fourth-order valence-corrected chi connectivity index (χ4v) is 3.50. The van der Waals surface area contributed by atoms with Crippen molar-refractivity contribution < 1.29 is 4.39 Å². The molecule has 7 heteroatoms. The topological polar surface area (TPSA) is 68.9 Å². The summed E-state index contributed by atoms with van der Waals surface area (Å²) in [5, 5.41) is 9.31. The Bertz CT molecular complexity index is 1040. The zero-order valence-corrected chi connectivity index (χ0v) is 16.2. The van der Waals surface area contributed by atoms with Crippen LogP contribution >= 0.6 is 0 Å². The summed E-state index contributed by atoms with van der Waals surface area (Å²) in [6.45, 7) is 4.89. The molecule has 0 amide bonds. The van der Waals surface area contributed by atoms with Crippen LogP contribution in [0, 0.1) is 17.1 Å². The molecule has 29 heavy (non-hydrogen) atoms. The first kappa shape index (κ1) is 18.8. The number of anilines is 2. The second kappa shape index (κ2) is 8.23. The first-order valence-electron chi connectivity index (χ1n) is 9.67. The minimum atomic E-state index is -0.476. The van der Waals surface area contributed by atoms with Gasteiger partial charge in [-0.3, -0.25) is 4.98 Å². The van der Waals surface area contributed by atoms with Crippen LogP contribution in [-0.4, -0.2) is 41.1 Å². The van der Waals surface area contributed by atoms with Crippen molar-refractivity contribution in [2.24, 2.45) is 0 Å². The van der Waals surface area contributed by atoms with E-state index in [0.29, 0.717) is 24.6 Å². The van der Waals surface area contributed by atoms with Gasteiger partial charge in [0, 0.05) is 44.1 Å². The lowest BCUT2D eigenvalue weighted by molar-refractivity contribution is 0.615. The van der Waals surface area contributed by atoms with Gasteiger partial charge in [0.1, 0.15) is 29.0 Å². The van der Waals surface area contributed by atoms with E-state index in [1.54, 1.807) is 18.3 Å². The molecule has 2 aromatic heterocycles. The van der Waals surface area contributed by atoms with Gasteiger partial charge in [-0.15, -0.1) is 0 Å². The highest BCUT2D eigenvalue weighted by atomic mass is 19.1. The summed E-state index contributed by atoms with van der Waals surface area (Å²) in [7, 11) is 0. The van der Waals surface area contributed by atoms with Crippen LogP contribution in [0.3, 0.4) is 0 Å². The number of hydrogen-bond donors (Lipinski definition) is 0. The predicted molar refractivity (Wildman–Crippen MR) is 110 cm³/mol. The molecule has 1 aliphatic rings. The molecule has 0 spiro atoms. The maximum atomic E-state index is 14.0. The summed E-state index contributed by atoms with van der Waals surface area (Å²) in [6.07, 6.45) is 2.55. The normalized spacial score (nSPS) is 14.0. The minimum Gasteiger partial charge on any atom is -0.367 e. The number of piperazine rings is 1. The maximum absolute atomic E-state index is 14.0. The molecule has 146 valence electrons. The Kier molecular flexibility index (Phi) is 5.34. The first-order valence-corrected chi connectivity index (χ1v) is 9.67. The third kappa shape index (κ3) is 3.87. The third-order valence-electron chi connectivity index (χ3n) is 5.07. The molecule has 1 saturated heterocycles. The number of rotatable bonds is 4. The monoisotopic (exact) mass is 388 g/mol. The molecule has 0 radical (unpaired) electrons. The van der Waals surface area contributed by atoms with Crippen molar-refractivity contribution in [2.45, 2.75) is 13.3 Å². The molecule has 0 bridgehead atoms. The molecule has 1 aliphatic heterocycles. The van der Waals surface area contributed by atoms with Crippen LogP contribution in [0.5, 0.6) is 0 Å². The van der Waals surface area contributed by atoms with Gasteiger partial charge in [-0.25, -0.2) is 14.4 Å². The van der Waals surface area contributed by atoms with Crippen molar-refractivity contribution in [1.82, 2.24) is 15.0 Å². The van der Waals surface area contributed by atoms with E-state index in [1.165, 1.54) is 6.07 Å². The fourth-order valence-electron chi connectivity index (χ4n) is 3.50. The van der Waals surface area contributed by atoms with Crippen LogP contribution in [0.25, 0.3) is 11.5 Å². The standard InChI is InChI=1S/C22H21FN6/c1-2-16-14-21(27-22(26-16)19-7-3-4-9-25-19)29-12-10-28(11-13-29)20-8-5-6-18(23)17(20)15-24/h3-9,14H,2,10-13H2,1H3. The van der Waals surface area contributed by atoms with Gasteiger partial charge in [0.2, 0.25) is 0 Å². The summed E-state index contributed by atoms with van der Waals surface area (Å²) in [5.41, 5.74) is 2.48. The molecule has 6 nitrogen and oxygen atoms in total. The molecule has 1 fully saturated rings. The number of benzene rings is 1. The Labute approximate surface area is 169 Å². The number of pyridine rings is 1. The van der Waals surface area contributed by atoms with Gasteiger partial charge in [-0.2, -0.15) is 5.26 Å². The molecule has 1 aromatic carbocycles. The SMILES string of the molecule is CCc1cc(N2CCN(c3cccc(F)c3C#N)CC2)nc(-c2ccccn2)n1. The van der Waals surface area contributed by atoms with E-state index < -0.39 is 5.82 Å². The second-order valence-corrected chi connectivity index (χ2v) is 6.83. The van der Waals surface area contributed by atoms with E-state index >= 15 is 0 Å². The Balaban J connectivity index is 1.56. The molecular formula is C22H21FN6. The average molecular weight is 388 g/mol. The van der Waals surface area contributed by atoms with Crippen molar-refractivity contribution in [2.75, 3.05) is 36.0 Å². The number of aryl methyl sites for hydroxylation is 1. The van der Waals surface area contributed by atoms with Crippen LogP contribution in [-0.2, 0) is 6.42 Å². The lowest BCUT2D eigenvalue weighted by Crippen LogP contribution is -2.47. The van der Waals surface area contributed by atoms with Gasteiger partial charge in [-0.05, 0) is 30.7 Å². The number of aromatic nitrogens is 3. The Hall–Kier alpha value is -3.53. The molecule has 0 aliphatic carbocycles. The minimum absolute atomic E-state index is 0.105. The predicted octanol–water partition coefficient (Wildman–Crippen LogP) is 3.44. The van der Waals surface area contributed by atoms with E-state index in [-0.39, 0.29) is 5.56 Å². The van der Waals surface area contributed by atoms with Crippen LogP contribution in [0.2, 0.25) is 0 Å². The van der Waals surface area contributed by atoms with Gasteiger partial charge in [-0.1, -0.05) is 19.1 Å². The number of hydrogen-bond acceptors (Lipinski definition) is 6. The average Bonchev–Trinajstić information content (AvgIpc) is 2.79. The molecule has 4 rings (SSSR count). The van der Waals surface area contributed by atoms with Crippen molar-refractivity contribution in [3.63, 3.8) is 0 Å². The maximum Gasteiger partial charge on any atom is 0.180 e. The van der Waals surface area contributed by atoms with Gasteiger partial charge in [0.25, 0.3) is 0 Å². The lowest BCUT2D eigenvalue weighted by atomic mass is 10.1. The van der Waals surface area contributed by atoms with Crippen molar-refractivity contribution in [3.05, 3.63) is 65.7 Å². The summed E-state index contributed by atoms with van der Waals surface area (Å²) in [5.74, 6) is 1.02. The van der Waals surface area contributed by atoms with Crippen LogP contribution in [0.1, 0.15) is 18.2 Å². The molecule has 0 unspecified atom stereocenters. The molecule has 0 atom stereocenters. The summed E-state index contributed by atoms with van der Waals surface area (Å²) < 4.78 is 14.0. The van der Waals surface area contributed by atoms with E-state index in [9.17, 15) is 9.65 Å². The Morgan fingerprint density at radius 1 is 1.03 bits per heavy atom. The van der Waals surface area contributed by atoms with Crippen LogP contribution < -0.4 is 9.80 Å². The van der Waals surface area contributed by atoms with E-state index in [1.807, 2.05) is 30.3 Å². The number of halogens is 1. The first-order chi connectivity index (χ1) is 14.2. The Morgan fingerprint density at radius 2 is 1.83 bits per heavy atom. The quantitative estimate of drug-likeness (QED) is 0.682. The molecule has 3 aromatic rings. The second-order valence-electron chi connectivity index (χ2n) is 6.83. The van der Waals surface area contributed by atoms with E-state index in [4.69, 9.17) is 4.98 Å². The van der Waals surface area contributed by atoms with Gasteiger partial charge in [0.05, 0.1) is 5.69 Å². The summed E-state index contributed by atoms with van der Waals surface area (Å²) in [4.78, 5) is 18.0. The Morgan fingerprint density at radius 3 is 2.52 bits per heavy atom. The largest absolute Gasteiger partial charge is 0.367 e. The third-order valence-corrected chi connectivity index (χ3v) is 5.07. The highest BCUT2D eigenvalue weighted by molar-refractivity contribution is 5.61. The van der Waals surface area contributed by atoms with Crippen molar-refractivity contribution in [1.29, 1.82) is 5.26 Å². The van der Waals surface area contributed by atoms with Gasteiger partial charge >= 0.3 is 0 Å². The van der Waals surface area contributed by atoms with Gasteiger partial charge < -0.3 is 9.80 Å². The molecule has 3 heterocycles. The highest BCUT2D eigenvalue weighted by Gasteiger charge is 2.22. The summed E-state index contributed by atoms with van der Waals surface area (Å²) >= 11 is 0. The molecule has 0 saturated carbocycles. The van der Waals surface area contributed by atoms with E-state index in [2.05, 4.69) is 26.7 Å². The van der Waals surface area contributed by atoms with Gasteiger partial charge in [0.15, 0.2) is 5.82 Å². The highest BCUT2D eigenvalue weighted by Crippen LogP contribution is 2.26. The van der Waals surface area contributed by atoms with E-state index in [0.717, 1.165) is 36.7 Å². The summed E-state index contributed by atoms with van der Waals surface area (Å²) in [6, 6.07) is 14.5. The fraction of sp³-hybridized carbons (Fsp3) is 0.273. The van der Waals surface area contributed by atoms with Crippen LogP contribution in [0.15, 0.2) is 48.7 Å². The number of nitriles is 1. The zero-order valence-electron chi connectivity index (χ0n) is 16.2.